The maximum absolute atomic E-state index is 10.9. The number of allylic oxidation sites excluding steroid dienone is 1. The third kappa shape index (κ3) is 3.65. The molecule has 2 fully saturated rings. The van der Waals surface area contributed by atoms with Gasteiger partial charge in [-0.25, -0.2) is 0 Å². The maximum atomic E-state index is 10.9. The SMILES string of the molecule is C=C1CC[C@@H]2[C@@](C)(CO)CCC[C@@]2(C)[C@@H]1CC[C@@H](C)CC(=O)O. The third-order valence-electron chi connectivity index (χ3n) is 6.98. The van der Waals surface area contributed by atoms with Gasteiger partial charge in [-0.05, 0) is 67.1 Å². The first-order valence-corrected chi connectivity index (χ1v) is 9.23. The lowest BCUT2D eigenvalue weighted by Gasteiger charge is -2.58. The topological polar surface area (TPSA) is 57.5 Å². The first-order chi connectivity index (χ1) is 10.7. The van der Waals surface area contributed by atoms with Crippen LogP contribution in [0, 0.1) is 28.6 Å². The van der Waals surface area contributed by atoms with Gasteiger partial charge in [-0.1, -0.05) is 39.3 Å². The molecule has 132 valence electrons. The highest BCUT2D eigenvalue weighted by atomic mass is 16.4. The van der Waals surface area contributed by atoms with Gasteiger partial charge in [-0.15, -0.1) is 0 Å². The van der Waals surface area contributed by atoms with Crippen LogP contribution >= 0.6 is 0 Å². The first-order valence-electron chi connectivity index (χ1n) is 9.23. The lowest BCUT2D eigenvalue weighted by atomic mass is 9.46. The van der Waals surface area contributed by atoms with E-state index < -0.39 is 5.97 Å². The predicted molar refractivity (Wildman–Crippen MR) is 93.2 cm³/mol. The van der Waals surface area contributed by atoms with E-state index in [2.05, 4.69) is 20.4 Å². The maximum Gasteiger partial charge on any atom is 0.303 e. The van der Waals surface area contributed by atoms with Crippen LogP contribution in [-0.2, 0) is 4.79 Å². The Morgan fingerprint density at radius 3 is 2.70 bits per heavy atom. The molecule has 0 saturated heterocycles. The Kier molecular flexibility index (Phi) is 5.60. The van der Waals surface area contributed by atoms with Crippen LogP contribution in [0.4, 0.5) is 0 Å². The van der Waals surface area contributed by atoms with Crippen molar-refractivity contribution in [3.05, 3.63) is 12.2 Å². The summed E-state index contributed by atoms with van der Waals surface area (Å²) in [6.45, 7) is 11.3. The summed E-state index contributed by atoms with van der Waals surface area (Å²) < 4.78 is 0. The molecule has 5 atom stereocenters. The lowest BCUT2D eigenvalue weighted by Crippen LogP contribution is -2.51. The molecule has 3 heteroatoms. The van der Waals surface area contributed by atoms with E-state index in [1.807, 2.05) is 6.92 Å². The number of carboxylic acid groups (broad SMARTS) is 1. The Hall–Kier alpha value is -0.830. The average molecular weight is 322 g/mol. The highest BCUT2D eigenvalue weighted by Crippen LogP contribution is 2.61. The zero-order valence-electron chi connectivity index (χ0n) is 15.1. The van der Waals surface area contributed by atoms with Crippen LogP contribution in [0.25, 0.3) is 0 Å². The number of hydrogen-bond acceptors (Lipinski definition) is 2. The average Bonchev–Trinajstić information content (AvgIpc) is 2.45. The molecular formula is C20H34O3. The van der Waals surface area contributed by atoms with Crippen LogP contribution in [0.5, 0.6) is 0 Å². The number of carbonyl (C=O) groups is 1. The van der Waals surface area contributed by atoms with E-state index in [1.165, 1.54) is 18.4 Å². The highest BCUT2D eigenvalue weighted by Gasteiger charge is 2.53. The van der Waals surface area contributed by atoms with Gasteiger partial charge in [0, 0.05) is 13.0 Å². The Balaban J connectivity index is 2.14. The second-order valence-electron chi connectivity index (χ2n) is 8.75. The summed E-state index contributed by atoms with van der Waals surface area (Å²) in [5.41, 5.74) is 1.61. The minimum Gasteiger partial charge on any atom is -0.481 e. The van der Waals surface area contributed by atoms with Gasteiger partial charge in [0.05, 0.1) is 0 Å². The van der Waals surface area contributed by atoms with E-state index in [1.54, 1.807) is 0 Å². The van der Waals surface area contributed by atoms with Crippen LogP contribution in [0.2, 0.25) is 0 Å². The summed E-state index contributed by atoms with van der Waals surface area (Å²) in [5, 5.41) is 19.0. The van der Waals surface area contributed by atoms with Crippen LogP contribution in [0.1, 0.15) is 72.1 Å². The van der Waals surface area contributed by atoms with E-state index in [0.29, 0.717) is 11.8 Å². The summed E-state index contributed by atoms with van der Waals surface area (Å²) in [4.78, 5) is 10.9. The first kappa shape index (κ1) is 18.5. The van der Waals surface area contributed by atoms with Crippen LogP contribution in [0.15, 0.2) is 12.2 Å². The minimum absolute atomic E-state index is 0.0403. The van der Waals surface area contributed by atoms with Crippen LogP contribution in [-0.4, -0.2) is 22.8 Å². The van der Waals surface area contributed by atoms with Crippen molar-refractivity contribution in [2.24, 2.45) is 28.6 Å². The second-order valence-corrected chi connectivity index (χ2v) is 8.75. The monoisotopic (exact) mass is 322 g/mol. The zero-order chi connectivity index (χ0) is 17.3. The normalized spacial score (nSPS) is 38.9. The molecular weight excluding hydrogens is 288 g/mol. The fourth-order valence-corrected chi connectivity index (χ4v) is 5.66. The van der Waals surface area contributed by atoms with Gasteiger partial charge in [0.15, 0.2) is 0 Å². The third-order valence-corrected chi connectivity index (χ3v) is 6.98. The van der Waals surface area contributed by atoms with Crippen LogP contribution in [0.3, 0.4) is 0 Å². The van der Waals surface area contributed by atoms with Crippen molar-refractivity contribution in [2.75, 3.05) is 6.61 Å². The van der Waals surface area contributed by atoms with Crippen molar-refractivity contribution < 1.29 is 15.0 Å². The molecule has 0 bridgehead atoms. The molecule has 3 nitrogen and oxygen atoms in total. The molecule has 23 heavy (non-hydrogen) atoms. The van der Waals surface area contributed by atoms with Crippen molar-refractivity contribution in [1.82, 2.24) is 0 Å². The van der Waals surface area contributed by atoms with E-state index >= 15 is 0 Å². The molecule has 2 aliphatic rings. The minimum atomic E-state index is -0.699. The molecule has 0 unspecified atom stereocenters. The zero-order valence-corrected chi connectivity index (χ0v) is 15.1. The molecule has 0 aromatic heterocycles. The van der Waals surface area contributed by atoms with E-state index in [9.17, 15) is 9.90 Å². The van der Waals surface area contributed by atoms with Gasteiger partial charge in [0.25, 0.3) is 0 Å². The van der Waals surface area contributed by atoms with Gasteiger partial charge in [0.1, 0.15) is 0 Å². The Bertz CT molecular complexity index is 458. The van der Waals surface area contributed by atoms with E-state index in [4.69, 9.17) is 5.11 Å². The summed E-state index contributed by atoms with van der Waals surface area (Å²) >= 11 is 0. The molecule has 0 aliphatic heterocycles. The van der Waals surface area contributed by atoms with Gasteiger partial charge in [-0.2, -0.15) is 0 Å². The quantitative estimate of drug-likeness (QED) is 0.700. The van der Waals surface area contributed by atoms with Crippen molar-refractivity contribution in [2.45, 2.75) is 72.1 Å². The Morgan fingerprint density at radius 2 is 2.09 bits per heavy atom. The number of aliphatic hydroxyl groups excluding tert-OH is 1. The summed E-state index contributed by atoms with van der Waals surface area (Å²) in [7, 11) is 0. The molecule has 0 heterocycles. The van der Waals surface area contributed by atoms with Gasteiger partial charge < -0.3 is 10.2 Å². The summed E-state index contributed by atoms with van der Waals surface area (Å²) in [5.74, 6) is 0.550. The number of carboxylic acids is 1. The molecule has 0 aromatic carbocycles. The van der Waals surface area contributed by atoms with E-state index in [-0.39, 0.29) is 29.8 Å². The number of hydrogen-bond donors (Lipinski definition) is 2. The number of rotatable bonds is 6. The van der Waals surface area contributed by atoms with Crippen LogP contribution < -0.4 is 0 Å². The van der Waals surface area contributed by atoms with Crippen molar-refractivity contribution >= 4 is 5.97 Å². The Labute approximate surface area is 141 Å². The van der Waals surface area contributed by atoms with Gasteiger partial charge >= 0.3 is 5.97 Å². The molecule has 2 rings (SSSR count). The van der Waals surface area contributed by atoms with E-state index in [0.717, 1.165) is 32.1 Å². The summed E-state index contributed by atoms with van der Waals surface area (Å²) in [6.07, 6.45) is 7.98. The standard InChI is InChI=1S/C20H34O3/c1-14(12-18(22)23)6-8-16-15(2)7-9-17-19(3,13-21)10-5-11-20(16,17)4/h14,16-17,21H,2,5-13H2,1,3-4H3,(H,22,23)/t14-,16-,17-,19-,20+/m1/s1. The number of aliphatic hydroxyl groups is 1. The second kappa shape index (κ2) is 6.96. The largest absolute Gasteiger partial charge is 0.481 e. The number of fused-ring (bicyclic) bond motifs is 1. The van der Waals surface area contributed by atoms with Crippen molar-refractivity contribution in [1.29, 1.82) is 0 Å². The smallest absolute Gasteiger partial charge is 0.303 e. The van der Waals surface area contributed by atoms with Gasteiger partial charge in [0.2, 0.25) is 0 Å². The molecule has 0 spiro atoms. The van der Waals surface area contributed by atoms with Crippen molar-refractivity contribution in [3.63, 3.8) is 0 Å². The Morgan fingerprint density at radius 1 is 1.39 bits per heavy atom. The molecule has 0 aromatic rings. The molecule has 2 aliphatic carbocycles. The summed E-state index contributed by atoms with van der Waals surface area (Å²) in [6, 6.07) is 0. The van der Waals surface area contributed by atoms with Crippen molar-refractivity contribution in [3.8, 4) is 0 Å². The lowest BCUT2D eigenvalue weighted by molar-refractivity contribution is -0.138. The van der Waals surface area contributed by atoms with Gasteiger partial charge in [-0.3, -0.25) is 4.79 Å². The molecule has 0 radical (unpaired) electrons. The fourth-order valence-electron chi connectivity index (χ4n) is 5.66. The predicted octanol–water partition coefficient (Wildman–Crippen LogP) is 4.65. The fraction of sp³-hybridized carbons (Fsp3) is 0.850. The highest BCUT2D eigenvalue weighted by molar-refractivity contribution is 5.66. The molecule has 2 saturated carbocycles. The molecule has 0 amide bonds. The number of aliphatic carboxylic acids is 1. The molecule has 2 N–H and O–H groups in total.